The Kier molecular flexibility index (Phi) is 12.1. The van der Waals surface area contributed by atoms with Crippen molar-refractivity contribution < 1.29 is 9.59 Å². The molecule has 0 bridgehead atoms. The molecule has 0 aromatic carbocycles. The van der Waals surface area contributed by atoms with Gasteiger partial charge in [-0.1, -0.05) is 12.8 Å². The number of guanidine groups is 1. The number of nitrogens with zero attached hydrogens (tertiary/aromatic N) is 3. The van der Waals surface area contributed by atoms with Gasteiger partial charge in [-0.05, 0) is 71.5 Å². The predicted molar refractivity (Wildman–Crippen MR) is 139 cm³/mol. The van der Waals surface area contributed by atoms with Gasteiger partial charge in [0, 0.05) is 44.1 Å². The lowest BCUT2D eigenvalue weighted by Crippen LogP contribution is -2.45. The molecule has 2 saturated heterocycles. The first kappa shape index (κ1) is 27.1. The average molecular weight is 563 g/mol. The molecule has 9 heteroatoms. The Balaban J connectivity index is 0.00000363. The first-order valence-corrected chi connectivity index (χ1v) is 12.4. The zero-order valence-corrected chi connectivity index (χ0v) is 22.0. The van der Waals surface area contributed by atoms with Crippen molar-refractivity contribution in [3.05, 3.63) is 0 Å². The molecule has 1 aliphatic carbocycles. The van der Waals surface area contributed by atoms with Crippen LogP contribution in [-0.2, 0) is 9.59 Å². The summed E-state index contributed by atoms with van der Waals surface area (Å²) in [6, 6.07) is 0.287. The monoisotopic (exact) mass is 562 g/mol. The van der Waals surface area contributed by atoms with Gasteiger partial charge >= 0.3 is 0 Å². The molecular formula is C23H43IN6O2. The zero-order valence-electron chi connectivity index (χ0n) is 19.7. The predicted octanol–water partition coefficient (Wildman–Crippen LogP) is 1.93. The van der Waals surface area contributed by atoms with Crippen LogP contribution in [0.15, 0.2) is 4.99 Å². The van der Waals surface area contributed by atoms with E-state index in [1.54, 1.807) is 0 Å². The lowest BCUT2D eigenvalue weighted by Gasteiger charge is -2.30. The van der Waals surface area contributed by atoms with Crippen LogP contribution in [0.5, 0.6) is 0 Å². The zero-order chi connectivity index (χ0) is 22.1. The van der Waals surface area contributed by atoms with E-state index < -0.39 is 0 Å². The minimum Gasteiger partial charge on any atom is -0.369 e. The molecule has 0 aromatic rings. The summed E-state index contributed by atoms with van der Waals surface area (Å²) in [6.45, 7) is 8.36. The highest BCUT2D eigenvalue weighted by Crippen LogP contribution is 2.27. The second-order valence-electron chi connectivity index (χ2n) is 9.38. The van der Waals surface area contributed by atoms with Crippen LogP contribution < -0.4 is 16.4 Å². The Labute approximate surface area is 210 Å². The molecule has 1 atom stereocenters. The quantitative estimate of drug-likeness (QED) is 0.173. The van der Waals surface area contributed by atoms with E-state index in [0.717, 1.165) is 96.7 Å². The number of rotatable bonds is 9. The Morgan fingerprint density at radius 3 is 2.38 bits per heavy atom. The van der Waals surface area contributed by atoms with Crippen LogP contribution in [0.1, 0.15) is 64.7 Å². The highest BCUT2D eigenvalue weighted by atomic mass is 127. The van der Waals surface area contributed by atoms with E-state index in [9.17, 15) is 9.59 Å². The van der Waals surface area contributed by atoms with Crippen molar-refractivity contribution in [1.29, 1.82) is 0 Å². The number of primary amides is 1. The second-order valence-corrected chi connectivity index (χ2v) is 9.38. The number of hydrogen-bond acceptors (Lipinski definition) is 4. The molecule has 0 spiro atoms. The Morgan fingerprint density at radius 2 is 1.72 bits per heavy atom. The van der Waals surface area contributed by atoms with Gasteiger partial charge in [-0.25, -0.2) is 0 Å². The van der Waals surface area contributed by atoms with Gasteiger partial charge in [0.15, 0.2) is 5.96 Å². The summed E-state index contributed by atoms with van der Waals surface area (Å²) >= 11 is 0. The van der Waals surface area contributed by atoms with Gasteiger partial charge in [0.05, 0.1) is 0 Å². The lowest BCUT2D eigenvalue weighted by molar-refractivity contribution is -0.134. The molecule has 3 rings (SSSR count). The van der Waals surface area contributed by atoms with Gasteiger partial charge in [-0.3, -0.25) is 14.6 Å². The second kappa shape index (κ2) is 14.2. The van der Waals surface area contributed by atoms with E-state index in [1.807, 2.05) is 0 Å². The van der Waals surface area contributed by atoms with Crippen molar-refractivity contribution >= 4 is 41.8 Å². The van der Waals surface area contributed by atoms with Gasteiger partial charge in [0.2, 0.25) is 11.8 Å². The van der Waals surface area contributed by atoms with E-state index in [4.69, 9.17) is 10.7 Å². The molecule has 0 aromatic heterocycles. The highest BCUT2D eigenvalue weighted by molar-refractivity contribution is 14.0. The normalized spacial score (nSPS) is 23.2. The largest absolute Gasteiger partial charge is 0.369 e. The van der Waals surface area contributed by atoms with Gasteiger partial charge in [-0.15, -0.1) is 24.0 Å². The molecule has 184 valence electrons. The maximum Gasteiger partial charge on any atom is 0.225 e. The third kappa shape index (κ3) is 8.35. The van der Waals surface area contributed by atoms with E-state index in [1.165, 1.54) is 12.8 Å². The third-order valence-electron chi connectivity index (χ3n) is 7.03. The summed E-state index contributed by atoms with van der Waals surface area (Å²) in [7, 11) is 0. The van der Waals surface area contributed by atoms with E-state index in [0.29, 0.717) is 5.91 Å². The minimum absolute atomic E-state index is 0. The molecule has 2 amide bonds. The molecule has 2 aliphatic heterocycles. The SMILES string of the molecule is CCNC(=NCCCCN1CCC(C(N)=O)CC1)NC1CCN(C(=O)C2CCCC2)C1.I. The third-order valence-corrected chi connectivity index (χ3v) is 7.03. The topological polar surface area (TPSA) is 103 Å². The van der Waals surface area contributed by atoms with Crippen molar-refractivity contribution in [3.8, 4) is 0 Å². The Bertz CT molecular complexity index is 618. The van der Waals surface area contributed by atoms with Crippen molar-refractivity contribution in [2.45, 2.75) is 70.8 Å². The van der Waals surface area contributed by atoms with Crippen LogP contribution >= 0.6 is 24.0 Å². The number of carbonyl (C=O) groups is 2. The first-order chi connectivity index (χ1) is 15.1. The number of halogens is 1. The summed E-state index contributed by atoms with van der Waals surface area (Å²) in [5, 5.41) is 6.88. The van der Waals surface area contributed by atoms with E-state index >= 15 is 0 Å². The molecule has 4 N–H and O–H groups in total. The summed E-state index contributed by atoms with van der Waals surface area (Å²) in [4.78, 5) is 33.2. The maximum absolute atomic E-state index is 12.7. The first-order valence-electron chi connectivity index (χ1n) is 12.4. The fourth-order valence-corrected chi connectivity index (χ4v) is 5.10. The highest BCUT2D eigenvalue weighted by Gasteiger charge is 2.32. The molecule has 3 aliphatic rings. The molecule has 3 fully saturated rings. The molecule has 1 saturated carbocycles. The number of carbonyl (C=O) groups excluding carboxylic acids is 2. The van der Waals surface area contributed by atoms with Crippen LogP contribution in [-0.4, -0.2) is 79.4 Å². The van der Waals surface area contributed by atoms with E-state index in [2.05, 4.69) is 27.4 Å². The molecule has 8 nitrogen and oxygen atoms in total. The number of likely N-dealkylation sites (tertiary alicyclic amines) is 2. The standard InChI is InChI=1S/C23H42N6O2.HI/c1-2-25-23(26-12-5-6-13-28-14-9-18(10-15-28)21(24)30)27-20-11-16-29(17-20)22(31)19-7-3-4-8-19;/h18-20H,2-17H2,1H3,(H2,24,30)(H2,25,26,27);1H. The molecular weight excluding hydrogens is 519 g/mol. The number of nitrogens with two attached hydrogens (primary N) is 1. The van der Waals surface area contributed by atoms with Gasteiger partial charge in [-0.2, -0.15) is 0 Å². The van der Waals surface area contributed by atoms with Gasteiger partial charge in [0.25, 0.3) is 0 Å². The fraction of sp³-hybridized carbons (Fsp3) is 0.870. The number of unbranched alkanes of at least 4 members (excludes halogenated alkanes) is 1. The maximum atomic E-state index is 12.7. The lowest BCUT2D eigenvalue weighted by atomic mass is 9.96. The number of hydrogen-bond donors (Lipinski definition) is 3. The van der Waals surface area contributed by atoms with E-state index in [-0.39, 0.29) is 47.8 Å². The number of piperidine rings is 1. The van der Waals surface area contributed by atoms with Crippen molar-refractivity contribution in [2.24, 2.45) is 22.6 Å². The van der Waals surface area contributed by atoms with Crippen molar-refractivity contribution in [1.82, 2.24) is 20.4 Å². The van der Waals surface area contributed by atoms with Crippen molar-refractivity contribution in [2.75, 3.05) is 45.8 Å². The molecule has 2 heterocycles. The van der Waals surface area contributed by atoms with Crippen LogP contribution in [0.3, 0.4) is 0 Å². The number of aliphatic imine (C=N–C) groups is 1. The van der Waals surface area contributed by atoms with Gasteiger partial charge < -0.3 is 26.2 Å². The van der Waals surface area contributed by atoms with Crippen LogP contribution in [0.4, 0.5) is 0 Å². The van der Waals surface area contributed by atoms with Gasteiger partial charge in [0.1, 0.15) is 0 Å². The smallest absolute Gasteiger partial charge is 0.225 e. The van der Waals surface area contributed by atoms with Crippen LogP contribution in [0.25, 0.3) is 0 Å². The van der Waals surface area contributed by atoms with Crippen LogP contribution in [0.2, 0.25) is 0 Å². The number of amides is 2. The fourth-order valence-electron chi connectivity index (χ4n) is 5.10. The Hall–Kier alpha value is -1.10. The van der Waals surface area contributed by atoms with Crippen LogP contribution in [0, 0.1) is 11.8 Å². The van der Waals surface area contributed by atoms with Crippen molar-refractivity contribution in [3.63, 3.8) is 0 Å². The summed E-state index contributed by atoms with van der Waals surface area (Å²) in [6.07, 6.45) is 9.48. The molecule has 0 radical (unpaired) electrons. The number of nitrogens with one attached hydrogen (secondary N) is 2. The average Bonchev–Trinajstić information content (AvgIpc) is 3.46. The summed E-state index contributed by atoms with van der Waals surface area (Å²) < 4.78 is 0. The summed E-state index contributed by atoms with van der Waals surface area (Å²) in [5.41, 5.74) is 5.41. The Morgan fingerprint density at radius 1 is 1.00 bits per heavy atom. The molecule has 32 heavy (non-hydrogen) atoms. The minimum atomic E-state index is -0.147. The molecule has 1 unspecified atom stereocenters. The summed E-state index contributed by atoms with van der Waals surface area (Å²) in [5.74, 6) is 1.41.